The van der Waals surface area contributed by atoms with Crippen molar-refractivity contribution in [2.24, 2.45) is 0 Å². The molecule has 2 aromatic rings. The van der Waals surface area contributed by atoms with Crippen LogP contribution in [0.25, 0.3) is 0 Å². The number of carbonyl (C=O) groups excluding carboxylic acids is 1. The molecule has 0 spiro atoms. The summed E-state index contributed by atoms with van der Waals surface area (Å²) in [6.45, 7) is 0. The molecule has 33 heavy (non-hydrogen) atoms. The largest absolute Gasteiger partial charge is 0.457 e. The maximum Gasteiger partial charge on any atom is 0.263 e. The lowest BCUT2D eigenvalue weighted by atomic mass is 9.98. The Morgan fingerprint density at radius 2 is 1.36 bits per heavy atom. The topological polar surface area (TPSA) is 74.1 Å². The van der Waals surface area contributed by atoms with Gasteiger partial charge >= 0.3 is 0 Å². The van der Waals surface area contributed by atoms with E-state index in [0.29, 0.717) is 0 Å². The highest BCUT2D eigenvalue weighted by Gasteiger charge is 2.16. The van der Waals surface area contributed by atoms with Crippen LogP contribution in [0.5, 0.6) is 11.5 Å². The summed E-state index contributed by atoms with van der Waals surface area (Å²) >= 11 is 0. The van der Waals surface area contributed by atoms with Gasteiger partial charge in [-0.2, -0.15) is 5.26 Å². The zero-order valence-electron chi connectivity index (χ0n) is 19.4. The number of benzene rings is 2. The predicted octanol–water partition coefficient (Wildman–Crippen LogP) is 7.09. The molecule has 1 aliphatic carbocycles. The van der Waals surface area contributed by atoms with Gasteiger partial charge < -0.3 is 15.4 Å². The lowest BCUT2D eigenvalue weighted by Gasteiger charge is -2.19. The summed E-state index contributed by atoms with van der Waals surface area (Å²) in [5, 5.41) is 15.7. The van der Waals surface area contributed by atoms with Crippen LogP contribution in [0.2, 0.25) is 0 Å². The monoisotopic (exact) mass is 445 g/mol. The zero-order chi connectivity index (χ0) is 23.1. The van der Waals surface area contributed by atoms with E-state index in [0.717, 1.165) is 42.9 Å². The number of nitrogens with one attached hydrogen (secondary N) is 2. The van der Waals surface area contributed by atoms with Gasteiger partial charge in [0.1, 0.15) is 23.1 Å². The minimum absolute atomic E-state index is 0.0886. The van der Waals surface area contributed by atoms with E-state index in [1.54, 1.807) is 0 Å². The molecular weight excluding hydrogens is 410 g/mol. The molecule has 0 radical (unpaired) electrons. The fourth-order valence-corrected chi connectivity index (χ4v) is 4.12. The number of nitrogens with zero attached hydrogens (tertiary/aromatic N) is 1. The van der Waals surface area contributed by atoms with Crippen molar-refractivity contribution < 1.29 is 9.53 Å². The number of anilines is 1. The van der Waals surface area contributed by atoms with Crippen molar-refractivity contribution in [3.8, 4) is 17.6 Å². The maximum atomic E-state index is 12.7. The number of para-hydroxylation sites is 1. The highest BCUT2D eigenvalue weighted by molar-refractivity contribution is 5.97. The molecule has 5 nitrogen and oxygen atoms in total. The van der Waals surface area contributed by atoms with Gasteiger partial charge in [-0.3, -0.25) is 4.79 Å². The molecule has 1 saturated carbocycles. The fraction of sp³-hybridized carbons (Fsp3) is 0.429. The number of rotatable bonds is 6. The zero-order valence-corrected chi connectivity index (χ0v) is 19.4. The molecule has 1 amide bonds. The summed E-state index contributed by atoms with van der Waals surface area (Å²) in [6, 6.07) is 19.2. The number of hydrogen-bond donors (Lipinski definition) is 2. The molecule has 1 fully saturated rings. The molecule has 2 aromatic carbocycles. The minimum Gasteiger partial charge on any atom is -0.457 e. The Hall–Kier alpha value is -3.26. The summed E-state index contributed by atoms with van der Waals surface area (Å²) in [4.78, 5) is 12.7. The highest BCUT2D eigenvalue weighted by Crippen LogP contribution is 2.23. The van der Waals surface area contributed by atoms with Gasteiger partial charge in [-0.05, 0) is 49.2 Å². The fourth-order valence-electron chi connectivity index (χ4n) is 4.12. The summed E-state index contributed by atoms with van der Waals surface area (Å²) < 4.78 is 5.79. The Morgan fingerprint density at radius 1 is 0.818 bits per heavy atom. The van der Waals surface area contributed by atoms with Crippen LogP contribution in [-0.4, -0.2) is 11.9 Å². The molecule has 0 heterocycles. The average Bonchev–Trinajstić information content (AvgIpc) is 2.83. The van der Waals surface area contributed by atoms with Crippen LogP contribution in [0, 0.1) is 11.3 Å². The molecule has 5 heteroatoms. The molecule has 1 aliphatic rings. The lowest BCUT2D eigenvalue weighted by Crippen LogP contribution is -2.35. The van der Waals surface area contributed by atoms with E-state index < -0.39 is 0 Å². The van der Waals surface area contributed by atoms with Crippen molar-refractivity contribution in [2.45, 2.75) is 76.7 Å². The molecule has 0 unspecified atom stereocenters. The first-order chi connectivity index (χ1) is 16.2. The van der Waals surface area contributed by atoms with E-state index in [1.165, 1.54) is 51.1 Å². The molecule has 0 saturated heterocycles. The molecule has 0 bridgehead atoms. The summed E-state index contributed by atoms with van der Waals surface area (Å²) in [5.74, 6) is 1.19. The van der Waals surface area contributed by atoms with Gasteiger partial charge in [-0.15, -0.1) is 0 Å². The van der Waals surface area contributed by atoms with E-state index in [2.05, 4.69) is 10.6 Å². The van der Waals surface area contributed by atoms with Crippen LogP contribution in [0.4, 0.5) is 5.69 Å². The van der Waals surface area contributed by atoms with E-state index in [1.807, 2.05) is 60.7 Å². The van der Waals surface area contributed by atoms with Gasteiger partial charge in [-0.1, -0.05) is 76.0 Å². The third kappa shape index (κ3) is 9.02. The highest BCUT2D eigenvalue weighted by atomic mass is 16.5. The Labute approximate surface area is 197 Å². The first kappa shape index (κ1) is 24.4. The molecule has 0 atom stereocenters. The van der Waals surface area contributed by atoms with Gasteiger partial charge in [-0.25, -0.2) is 0 Å². The second-order valence-corrected chi connectivity index (χ2v) is 8.68. The van der Waals surface area contributed by atoms with Crippen molar-refractivity contribution in [3.63, 3.8) is 0 Å². The quantitative estimate of drug-likeness (QED) is 0.368. The Morgan fingerprint density at radius 3 is 1.94 bits per heavy atom. The van der Waals surface area contributed by atoms with Crippen molar-refractivity contribution in [1.29, 1.82) is 5.26 Å². The standard InChI is InChI=1S/C28H35N3O2/c29-21-23(28(32)31-25-13-9-6-4-2-1-3-5-7-10-14-25)22-30-24-17-19-27(20-18-24)33-26-15-11-8-12-16-26/h8,11-12,15-20,22,25,30H,1-7,9-10,13-14H2,(H,31,32)/b23-22-. The van der Waals surface area contributed by atoms with E-state index in [-0.39, 0.29) is 17.5 Å². The van der Waals surface area contributed by atoms with Gasteiger partial charge in [0, 0.05) is 17.9 Å². The molecular formula is C28H35N3O2. The van der Waals surface area contributed by atoms with Crippen molar-refractivity contribution in [3.05, 3.63) is 66.4 Å². The van der Waals surface area contributed by atoms with Gasteiger partial charge in [0.15, 0.2) is 0 Å². The Kier molecular flexibility index (Phi) is 10.3. The first-order valence-corrected chi connectivity index (χ1v) is 12.3. The maximum absolute atomic E-state index is 12.7. The SMILES string of the molecule is N#C/C(=C/Nc1ccc(Oc2ccccc2)cc1)C(=O)NC1CCCCCCCCCCC1. The van der Waals surface area contributed by atoms with E-state index >= 15 is 0 Å². The normalized spacial score (nSPS) is 16.5. The van der Waals surface area contributed by atoms with Crippen LogP contribution < -0.4 is 15.4 Å². The number of hydrogen-bond acceptors (Lipinski definition) is 4. The van der Waals surface area contributed by atoms with Crippen LogP contribution >= 0.6 is 0 Å². The predicted molar refractivity (Wildman–Crippen MR) is 133 cm³/mol. The first-order valence-electron chi connectivity index (χ1n) is 12.3. The van der Waals surface area contributed by atoms with Crippen LogP contribution in [0.15, 0.2) is 66.4 Å². The second kappa shape index (κ2) is 14.0. The minimum atomic E-state index is -0.300. The number of amides is 1. The summed E-state index contributed by atoms with van der Waals surface area (Å²) in [6.07, 6.45) is 14.7. The number of ether oxygens (including phenoxy) is 1. The Balaban J connectivity index is 1.53. The Bertz CT molecular complexity index is 904. The van der Waals surface area contributed by atoms with Crippen LogP contribution in [0.1, 0.15) is 70.6 Å². The van der Waals surface area contributed by atoms with Gasteiger partial charge in [0.25, 0.3) is 5.91 Å². The number of carbonyl (C=O) groups is 1. The van der Waals surface area contributed by atoms with E-state index in [9.17, 15) is 10.1 Å². The molecule has 0 aliphatic heterocycles. The molecule has 0 aromatic heterocycles. The third-order valence-corrected chi connectivity index (χ3v) is 6.02. The second-order valence-electron chi connectivity index (χ2n) is 8.68. The molecule has 174 valence electrons. The summed E-state index contributed by atoms with van der Waals surface area (Å²) in [5.41, 5.74) is 0.868. The molecule has 2 N–H and O–H groups in total. The van der Waals surface area contributed by atoms with Crippen LogP contribution in [-0.2, 0) is 4.79 Å². The molecule has 3 rings (SSSR count). The van der Waals surface area contributed by atoms with Crippen molar-refractivity contribution in [1.82, 2.24) is 5.32 Å². The van der Waals surface area contributed by atoms with Crippen molar-refractivity contribution >= 4 is 11.6 Å². The third-order valence-electron chi connectivity index (χ3n) is 6.02. The van der Waals surface area contributed by atoms with Gasteiger partial charge in [0.05, 0.1) is 0 Å². The van der Waals surface area contributed by atoms with Gasteiger partial charge in [0.2, 0.25) is 0 Å². The smallest absolute Gasteiger partial charge is 0.263 e. The van der Waals surface area contributed by atoms with Crippen LogP contribution in [0.3, 0.4) is 0 Å². The average molecular weight is 446 g/mol. The van der Waals surface area contributed by atoms with Crippen molar-refractivity contribution in [2.75, 3.05) is 5.32 Å². The lowest BCUT2D eigenvalue weighted by molar-refractivity contribution is -0.117. The summed E-state index contributed by atoms with van der Waals surface area (Å²) in [7, 11) is 0. The van der Waals surface area contributed by atoms with E-state index in [4.69, 9.17) is 4.74 Å². The number of nitriles is 1.